The maximum absolute atomic E-state index is 12.9. The molecule has 1 aliphatic rings. The Hall–Kier alpha value is -2.09. The Balaban J connectivity index is 1.78. The minimum Gasteiger partial charge on any atom is -0.493 e. The number of morpholine rings is 1. The van der Waals surface area contributed by atoms with Crippen molar-refractivity contribution in [2.24, 2.45) is 0 Å². The largest absolute Gasteiger partial charge is 0.493 e. The summed E-state index contributed by atoms with van der Waals surface area (Å²) in [6.07, 6.45) is 0. The molecular formula is C23H29BrN2O4. The van der Waals surface area contributed by atoms with Gasteiger partial charge in [-0.25, -0.2) is 0 Å². The van der Waals surface area contributed by atoms with E-state index in [1.807, 2.05) is 6.92 Å². The van der Waals surface area contributed by atoms with Crippen molar-refractivity contribution in [2.45, 2.75) is 19.9 Å². The van der Waals surface area contributed by atoms with Crippen LogP contribution < -0.4 is 14.8 Å². The van der Waals surface area contributed by atoms with E-state index >= 15 is 0 Å². The number of rotatable bonds is 8. The molecule has 0 aliphatic carbocycles. The maximum Gasteiger partial charge on any atom is 0.251 e. The number of nitrogens with one attached hydrogen (secondary N) is 1. The highest BCUT2D eigenvalue weighted by Gasteiger charge is 2.24. The highest BCUT2D eigenvalue weighted by Crippen LogP contribution is 2.36. The number of carbonyl (C=O) groups is 1. The predicted molar refractivity (Wildman–Crippen MR) is 121 cm³/mol. The molecule has 1 aliphatic heterocycles. The fraction of sp³-hybridized carbons (Fsp3) is 0.435. The first-order chi connectivity index (χ1) is 14.5. The van der Waals surface area contributed by atoms with Gasteiger partial charge in [0.2, 0.25) is 0 Å². The first-order valence-electron chi connectivity index (χ1n) is 10.2. The quantitative estimate of drug-likeness (QED) is 0.624. The van der Waals surface area contributed by atoms with Gasteiger partial charge in [-0.3, -0.25) is 9.69 Å². The third kappa shape index (κ3) is 5.53. The van der Waals surface area contributed by atoms with Crippen molar-refractivity contribution in [3.63, 3.8) is 0 Å². The van der Waals surface area contributed by atoms with Crippen LogP contribution in [0.3, 0.4) is 0 Å². The lowest BCUT2D eigenvalue weighted by molar-refractivity contribution is 0.0162. The minimum atomic E-state index is -0.150. The van der Waals surface area contributed by atoms with E-state index in [9.17, 15) is 4.79 Å². The topological polar surface area (TPSA) is 60.0 Å². The van der Waals surface area contributed by atoms with Crippen LogP contribution in [0.25, 0.3) is 0 Å². The van der Waals surface area contributed by atoms with Gasteiger partial charge in [0.15, 0.2) is 11.5 Å². The molecule has 0 saturated carbocycles. The Labute approximate surface area is 186 Å². The van der Waals surface area contributed by atoms with Gasteiger partial charge >= 0.3 is 0 Å². The molecule has 6 nitrogen and oxygen atoms in total. The Kier molecular flexibility index (Phi) is 8.13. The molecule has 1 saturated heterocycles. The van der Waals surface area contributed by atoms with Crippen LogP contribution in [0.2, 0.25) is 0 Å². The highest BCUT2D eigenvalue weighted by molar-refractivity contribution is 9.10. The van der Waals surface area contributed by atoms with Crippen LogP contribution in [0, 0.1) is 6.92 Å². The summed E-state index contributed by atoms with van der Waals surface area (Å²) in [4.78, 5) is 15.3. The molecule has 1 N–H and O–H groups in total. The zero-order valence-electron chi connectivity index (χ0n) is 17.7. The van der Waals surface area contributed by atoms with Gasteiger partial charge in [0.05, 0.1) is 37.4 Å². The third-order valence-electron chi connectivity index (χ3n) is 5.15. The molecule has 30 heavy (non-hydrogen) atoms. The third-order valence-corrected chi connectivity index (χ3v) is 5.74. The van der Waals surface area contributed by atoms with E-state index in [1.165, 1.54) is 11.1 Å². The summed E-state index contributed by atoms with van der Waals surface area (Å²) in [6, 6.07) is 12.0. The molecule has 162 valence electrons. The molecule has 1 fully saturated rings. The van der Waals surface area contributed by atoms with Crippen molar-refractivity contribution in [3.05, 3.63) is 57.6 Å². The van der Waals surface area contributed by atoms with Crippen LogP contribution in [0.4, 0.5) is 0 Å². The van der Waals surface area contributed by atoms with Crippen LogP contribution in [0.5, 0.6) is 11.5 Å². The zero-order chi connectivity index (χ0) is 21.5. The lowest BCUT2D eigenvalue weighted by atomic mass is 10.0. The summed E-state index contributed by atoms with van der Waals surface area (Å²) in [5, 5.41) is 3.11. The minimum absolute atomic E-state index is 0.0887. The van der Waals surface area contributed by atoms with E-state index in [-0.39, 0.29) is 11.9 Å². The van der Waals surface area contributed by atoms with E-state index in [0.29, 0.717) is 47.9 Å². The number of amides is 1. The van der Waals surface area contributed by atoms with E-state index in [4.69, 9.17) is 14.2 Å². The van der Waals surface area contributed by atoms with Crippen molar-refractivity contribution in [1.82, 2.24) is 10.2 Å². The highest BCUT2D eigenvalue weighted by atomic mass is 79.9. The molecule has 2 aromatic rings. The maximum atomic E-state index is 12.9. The molecule has 0 radical (unpaired) electrons. The second-order valence-corrected chi connectivity index (χ2v) is 8.07. The van der Waals surface area contributed by atoms with Crippen LogP contribution in [-0.4, -0.2) is 57.4 Å². The lowest BCUT2D eigenvalue weighted by Crippen LogP contribution is -2.43. The van der Waals surface area contributed by atoms with Crippen molar-refractivity contribution >= 4 is 21.8 Å². The molecule has 0 aromatic heterocycles. The van der Waals surface area contributed by atoms with Crippen molar-refractivity contribution < 1.29 is 19.0 Å². The van der Waals surface area contributed by atoms with Crippen LogP contribution in [-0.2, 0) is 4.74 Å². The van der Waals surface area contributed by atoms with Crippen LogP contribution in [0.1, 0.15) is 34.5 Å². The summed E-state index contributed by atoms with van der Waals surface area (Å²) in [5.74, 6) is 0.977. The number of methoxy groups -OCH3 is 1. The summed E-state index contributed by atoms with van der Waals surface area (Å²) in [5.41, 5.74) is 2.92. The molecule has 7 heteroatoms. The van der Waals surface area contributed by atoms with Gasteiger partial charge in [-0.1, -0.05) is 29.8 Å². The summed E-state index contributed by atoms with van der Waals surface area (Å²) >= 11 is 3.49. The van der Waals surface area contributed by atoms with Gasteiger partial charge in [-0.15, -0.1) is 0 Å². The smallest absolute Gasteiger partial charge is 0.251 e. The van der Waals surface area contributed by atoms with Crippen molar-refractivity contribution in [2.75, 3.05) is 46.6 Å². The molecule has 1 atom stereocenters. The number of carbonyl (C=O) groups excluding carboxylic acids is 1. The fourth-order valence-electron chi connectivity index (χ4n) is 3.65. The number of nitrogens with zero attached hydrogens (tertiary/aromatic N) is 1. The molecule has 1 heterocycles. The van der Waals surface area contributed by atoms with Crippen molar-refractivity contribution in [3.8, 4) is 11.5 Å². The molecule has 0 spiro atoms. The van der Waals surface area contributed by atoms with Gasteiger partial charge < -0.3 is 19.5 Å². The van der Waals surface area contributed by atoms with Gasteiger partial charge in [-0.2, -0.15) is 0 Å². The van der Waals surface area contributed by atoms with E-state index in [0.717, 1.165) is 13.1 Å². The average molecular weight is 477 g/mol. The number of benzene rings is 2. The molecule has 2 aromatic carbocycles. The number of halogens is 1. The second kappa shape index (κ2) is 10.8. The molecule has 0 bridgehead atoms. The van der Waals surface area contributed by atoms with Crippen LogP contribution in [0.15, 0.2) is 40.9 Å². The summed E-state index contributed by atoms with van der Waals surface area (Å²) < 4.78 is 17.2. The molecule has 3 rings (SSSR count). The normalized spacial score (nSPS) is 15.5. The van der Waals surface area contributed by atoms with Crippen LogP contribution >= 0.6 is 15.9 Å². The summed E-state index contributed by atoms with van der Waals surface area (Å²) in [6.45, 7) is 8.12. The Morgan fingerprint density at radius 2 is 2.03 bits per heavy atom. The standard InChI is InChI=1S/C23H29BrN2O4/c1-4-30-22-19(24)13-18(14-21(22)28-3)23(27)25-15-20(26-8-10-29-11-9-26)17-7-5-6-16(2)12-17/h5-7,12-14,20H,4,8-11,15H2,1-3H3,(H,25,27). The lowest BCUT2D eigenvalue weighted by Gasteiger charge is -2.35. The first-order valence-corrected chi connectivity index (χ1v) is 11.0. The molecular weight excluding hydrogens is 448 g/mol. The van der Waals surface area contributed by atoms with Gasteiger partial charge in [0, 0.05) is 25.2 Å². The number of aryl methyl sites for hydroxylation is 1. The van der Waals surface area contributed by atoms with Gasteiger partial charge in [0.25, 0.3) is 5.91 Å². The fourth-order valence-corrected chi connectivity index (χ4v) is 4.21. The Bertz CT molecular complexity index is 868. The number of hydrogen-bond donors (Lipinski definition) is 1. The molecule has 1 amide bonds. The Morgan fingerprint density at radius 3 is 2.70 bits per heavy atom. The van der Waals surface area contributed by atoms with E-state index in [1.54, 1.807) is 19.2 Å². The summed E-state index contributed by atoms with van der Waals surface area (Å²) in [7, 11) is 1.57. The van der Waals surface area contributed by atoms with Gasteiger partial charge in [0.1, 0.15) is 0 Å². The van der Waals surface area contributed by atoms with Crippen molar-refractivity contribution in [1.29, 1.82) is 0 Å². The monoisotopic (exact) mass is 476 g/mol. The average Bonchev–Trinajstić information content (AvgIpc) is 2.76. The SMILES string of the molecule is CCOc1c(Br)cc(C(=O)NCC(c2cccc(C)c2)N2CCOCC2)cc1OC. The zero-order valence-corrected chi connectivity index (χ0v) is 19.3. The number of ether oxygens (including phenoxy) is 3. The Morgan fingerprint density at radius 1 is 1.27 bits per heavy atom. The second-order valence-electron chi connectivity index (χ2n) is 7.21. The van der Waals surface area contributed by atoms with E-state index < -0.39 is 0 Å². The van der Waals surface area contributed by atoms with E-state index in [2.05, 4.69) is 57.3 Å². The first kappa shape index (κ1) is 22.6. The van der Waals surface area contributed by atoms with Gasteiger partial charge in [-0.05, 0) is 47.5 Å². The number of hydrogen-bond acceptors (Lipinski definition) is 5. The predicted octanol–water partition coefficient (Wildman–Crippen LogP) is 3.97. The molecule has 1 unspecified atom stereocenters.